The molecule has 0 saturated heterocycles. The number of hydrogen-bond donors (Lipinski definition) is 2. The van der Waals surface area contributed by atoms with Crippen LogP contribution in [0.15, 0.2) is 18.2 Å². The zero-order valence-electron chi connectivity index (χ0n) is 10.8. The largest absolute Gasteiger partial charge is 0.482 e. The number of nitrogens with one attached hydrogen (secondary N) is 2. The van der Waals surface area contributed by atoms with Crippen LogP contribution < -0.4 is 15.4 Å². The first kappa shape index (κ1) is 12.9. The number of carbonyl (C=O) groups excluding carboxylic acids is 1. The van der Waals surface area contributed by atoms with Crippen LogP contribution in [0, 0.1) is 0 Å². The van der Waals surface area contributed by atoms with Gasteiger partial charge in [-0.1, -0.05) is 19.4 Å². The Morgan fingerprint density at radius 2 is 2.28 bits per heavy atom. The second kappa shape index (κ2) is 6.40. The summed E-state index contributed by atoms with van der Waals surface area (Å²) in [5, 5.41) is 6.23. The second-order valence-corrected chi connectivity index (χ2v) is 4.52. The molecular formula is C14H20N2O2. The smallest absolute Gasteiger partial charge is 0.262 e. The number of unbranched alkanes of at least 4 members (excludes halogenated alkanes) is 1. The summed E-state index contributed by atoms with van der Waals surface area (Å²) in [5.41, 5.74) is 2.00. The van der Waals surface area contributed by atoms with Gasteiger partial charge in [-0.25, -0.2) is 0 Å². The van der Waals surface area contributed by atoms with E-state index in [4.69, 9.17) is 4.74 Å². The van der Waals surface area contributed by atoms with E-state index in [1.807, 2.05) is 12.1 Å². The van der Waals surface area contributed by atoms with Crippen molar-refractivity contribution in [2.24, 2.45) is 0 Å². The Morgan fingerprint density at radius 1 is 1.39 bits per heavy atom. The average Bonchev–Trinajstić information content (AvgIpc) is 2.38. The predicted octanol–water partition coefficient (Wildman–Crippen LogP) is 1.95. The lowest BCUT2D eigenvalue weighted by Crippen LogP contribution is -2.25. The summed E-state index contributed by atoms with van der Waals surface area (Å²) in [6.07, 6.45) is 3.40. The molecule has 2 rings (SSSR count). The van der Waals surface area contributed by atoms with Crippen LogP contribution in [0.3, 0.4) is 0 Å². The molecule has 0 aromatic heterocycles. The SMILES string of the molecule is CCCCNCCc1ccc2c(c1)NC(=O)CO2. The maximum atomic E-state index is 11.2. The fraction of sp³-hybridized carbons (Fsp3) is 0.500. The zero-order chi connectivity index (χ0) is 12.8. The first-order chi connectivity index (χ1) is 8.79. The van der Waals surface area contributed by atoms with Crippen LogP contribution in [0.5, 0.6) is 5.75 Å². The van der Waals surface area contributed by atoms with E-state index in [0.717, 1.165) is 30.9 Å². The number of benzene rings is 1. The molecule has 1 aliphatic rings. The van der Waals surface area contributed by atoms with Crippen molar-refractivity contribution in [3.05, 3.63) is 23.8 Å². The summed E-state index contributed by atoms with van der Waals surface area (Å²) >= 11 is 0. The van der Waals surface area contributed by atoms with E-state index in [1.54, 1.807) is 0 Å². The number of carbonyl (C=O) groups is 1. The number of fused-ring (bicyclic) bond motifs is 1. The van der Waals surface area contributed by atoms with Crippen molar-refractivity contribution >= 4 is 11.6 Å². The van der Waals surface area contributed by atoms with Crippen LogP contribution in [-0.4, -0.2) is 25.6 Å². The third kappa shape index (κ3) is 3.47. The van der Waals surface area contributed by atoms with Gasteiger partial charge in [-0.15, -0.1) is 0 Å². The van der Waals surface area contributed by atoms with Crippen LogP contribution in [0.4, 0.5) is 5.69 Å². The van der Waals surface area contributed by atoms with Gasteiger partial charge in [0.05, 0.1) is 5.69 Å². The van der Waals surface area contributed by atoms with Gasteiger partial charge in [-0.3, -0.25) is 4.79 Å². The minimum Gasteiger partial charge on any atom is -0.482 e. The first-order valence-corrected chi connectivity index (χ1v) is 6.56. The molecule has 4 heteroatoms. The molecule has 0 radical (unpaired) electrons. The highest BCUT2D eigenvalue weighted by Crippen LogP contribution is 2.28. The first-order valence-electron chi connectivity index (χ1n) is 6.56. The fourth-order valence-corrected chi connectivity index (χ4v) is 1.95. The van der Waals surface area contributed by atoms with Crippen LogP contribution in [0.2, 0.25) is 0 Å². The lowest BCUT2D eigenvalue weighted by Gasteiger charge is -2.18. The highest BCUT2D eigenvalue weighted by Gasteiger charge is 2.15. The standard InChI is InChI=1S/C14H20N2O2/c1-2-3-7-15-8-6-11-4-5-13-12(9-11)16-14(17)10-18-13/h4-5,9,15H,2-3,6-8,10H2,1H3,(H,16,17). The molecule has 0 fully saturated rings. The third-order valence-electron chi connectivity index (χ3n) is 2.97. The molecule has 98 valence electrons. The Labute approximate surface area is 108 Å². The third-order valence-corrected chi connectivity index (χ3v) is 2.97. The highest BCUT2D eigenvalue weighted by molar-refractivity contribution is 5.95. The van der Waals surface area contributed by atoms with Crippen LogP contribution >= 0.6 is 0 Å². The predicted molar refractivity (Wildman–Crippen MR) is 72.0 cm³/mol. The lowest BCUT2D eigenvalue weighted by atomic mass is 10.1. The van der Waals surface area contributed by atoms with Crippen LogP contribution in [0.1, 0.15) is 25.3 Å². The minimum atomic E-state index is -0.0827. The van der Waals surface area contributed by atoms with Gasteiger partial charge in [0.25, 0.3) is 5.91 Å². The molecule has 1 aromatic carbocycles. The van der Waals surface area contributed by atoms with Gasteiger partial charge in [0, 0.05) is 0 Å². The van der Waals surface area contributed by atoms with E-state index in [-0.39, 0.29) is 12.5 Å². The van der Waals surface area contributed by atoms with E-state index in [0.29, 0.717) is 0 Å². The highest BCUT2D eigenvalue weighted by atomic mass is 16.5. The molecule has 18 heavy (non-hydrogen) atoms. The molecule has 0 bridgehead atoms. The molecule has 0 saturated carbocycles. The Kier molecular flexibility index (Phi) is 4.59. The summed E-state index contributed by atoms with van der Waals surface area (Å²) < 4.78 is 5.32. The Bertz CT molecular complexity index is 418. The maximum Gasteiger partial charge on any atom is 0.262 e. The number of hydrogen-bond acceptors (Lipinski definition) is 3. The Hall–Kier alpha value is -1.55. The van der Waals surface area contributed by atoms with Crippen molar-refractivity contribution in [1.29, 1.82) is 0 Å². The molecule has 1 heterocycles. The quantitative estimate of drug-likeness (QED) is 0.757. The van der Waals surface area contributed by atoms with E-state index < -0.39 is 0 Å². The fourth-order valence-electron chi connectivity index (χ4n) is 1.95. The van der Waals surface area contributed by atoms with Crippen LogP contribution in [0.25, 0.3) is 0 Å². The normalized spacial score (nSPS) is 13.7. The molecule has 1 aliphatic heterocycles. The summed E-state index contributed by atoms with van der Waals surface area (Å²) in [4.78, 5) is 11.2. The molecule has 0 unspecified atom stereocenters. The van der Waals surface area contributed by atoms with Crippen molar-refractivity contribution in [1.82, 2.24) is 5.32 Å². The van der Waals surface area contributed by atoms with Crippen molar-refractivity contribution in [2.75, 3.05) is 25.0 Å². The lowest BCUT2D eigenvalue weighted by molar-refractivity contribution is -0.118. The van der Waals surface area contributed by atoms with Gasteiger partial charge in [0.1, 0.15) is 5.75 Å². The monoisotopic (exact) mass is 248 g/mol. The summed E-state index contributed by atoms with van der Waals surface area (Å²) in [5.74, 6) is 0.679. The van der Waals surface area contributed by atoms with Gasteiger partial charge in [0.15, 0.2) is 6.61 Å². The van der Waals surface area contributed by atoms with Gasteiger partial charge in [0.2, 0.25) is 0 Å². The van der Waals surface area contributed by atoms with E-state index in [9.17, 15) is 4.79 Å². The minimum absolute atomic E-state index is 0.0827. The molecule has 0 spiro atoms. The maximum absolute atomic E-state index is 11.2. The topological polar surface area (TPSA) is 50.4 Å². The van der Waals surface area contributed by atoms with Crippen molar-refractivity contribution in [3.8, 4) is 5.75 Å². The van der Waals surface area contributed by atoms with E-state index in [2.05, 4.69) is 23.6 Å². The molecule has 2 N–H and O–H groups in total. The molecule has 1 aromatic rings. The average molecular weight is 248 g/mol. The van der Waals surface area contributed by atoms with Gasteiger partial charge in [-0.05, 0) is 43.6 Å². The molecule has 1 amide bonds. The molecule has 0 aliphatic carbocycles. The number of rotatable bonds is 6. The number of ether oxygens (including phenoxy) is 1. The Morgan fingerprint density at radius 3 is 3.11 bits per heavy atom. The molecular weight excluding hydrogens is 228 g/mol. The van der Waals surface area contributed by atoms with Crippen molar-refractivity contribution in [2.45, 2.75) is 26.2 Å². The number of anilines is 1. The summed E-state index contributed by atoms with van der Waals surface area (Å²) in [6, 6.07) is 5.97. The number of amides is 1. The molecule has 0 atom stereocenters. The van der Waals surface area contributed by atoms with Crippen molar-refractivity contribution < 1.29 is 9.53 Å². The van der Waals surface area contributed by atoms with Gasteiger partial charge < -0.3 is 15.4 Å². The second-order valence-electron chi connectivity index (χ2n) is 4.52. The summed E-state index contributed by atoms with van der Waals surface area (Å²) in [7, 11) is 0. The molecule has 4 nitrogen and oxygen atoms in total. The van der Waals surface area contributed by atoms with Gasteiger partial charge in [-0.2, -0.15) is 0 Å². The van der Waals surface area contributed by atoms with Gasteiger partial charge >= 0.3 is 0 Å². The van der Waals surface area contributed by atoms with E-state index in [1.165, 1.54) is 18.4 Å². The van der Waals surface area contributed by atoms with Crippen LogP contribution in [-0.2, 0) is 11.2 Å². The summed E-state index contributed by atoms with van der Waals surface area (Å²) in [6.45, 7) is 4.34. The zero-order valence-corrected chi connectivity index (χ0v) is 10.8. The van der Waals surface area contributed by atoms with E-state index >= 15 is 0 Å². The van der Waals surface area contributed by atoms with Crippen molar-refractivity contribution in [3.63, 3.8) is 0 Å². The Balaban J connectivity index is 1.86.